The van der Waals surface area contributed by atoms with E-state index >= 15 is 0 Å². The summed E-state index contributed by atoms with van der Waals surface area (Å²) in [5.41, 5.74) is 0. The maximum absolute atomic E-state index is 7.74. The lowest BCUT2D eigenvalue weighted by molar-refractivity contribution is -0.518. The highest BCUT2D eigenvalue weighted by Crippen LogP contribution is 1.84. The fraction of sp³-hybridized carbons (Fsp3) is 1.00. The van der Waals surface area contributed by atoms with Crippen LogP contribution in [0.1, 0.15) is 0 Å². The van der Waals surface area contributed by atoms with Crippen LogP contribution in [0.15, 0.2) is 0 Å². The van der Waals surface area contributed by atoms with E-state index in [-0.39, 0.29) is 33.2 Å². The van der Waals surface area contributed by atoms with Gasteiger partial charge in [-0.05, 0) is 0 Å². The summed E-state index contributed by atoms with van der Waals surface area (Å²) in [7, 11) is 1.30. The number of rotatable bonds is 12. The van der Waals surface area contributed by atoms with E-state index < -0.39 is 0 Å². The van der Waals surface area contributed by atoms with Gasteiger partial charge < -0.3 is 4.74 Å². The smallest absolute Gasteiger partial charge is 0.183 e. The third-order valence-electron chi connectivity index (χ3n) is 0.945. The Labute approximate surface area is 85.9 Å². The second kappa shape index (κ2) is 13.6. The molecule has 15 heavy (non-hydrogen) atoms. The van der Waals surface area contributed by atoms with Gasteiger partial charge in [-0.1, -0.05) is 10.1 Å². The van der Waals surface area contributed by atoms with Gasteiger partial charge in [-0.15, -0.1) is 0 Å². The molecular weight excluding hydrogens is 216 g/mol. The van der Waals surface area contributed by atoms with Crippen LogP contribution >= 0.6 is 0 Å². The third-order valence-corrected chi connectivity index (χ3v) is 0.945. The average molecular weight is 230 g/mol. The Kier molecular flexibility index (Phi) is 13.3. The molecule has 0 bridgehead atoms. The zero-order valence-electron chi connectivity index (χ0n) is 8.25. The van der Waals surface area contributed by atoms with Gasteiger partial charge in [-0.3, -0.25) is 0 Å². The van der Waals surface area contributed by atoms with Crippen LogP contribution in [0.5, 0.6) is 0 Å². The molecule has 0 unspecified atom stereocenters. The predicted molar refractivity (Wildman–Crippen MR) is 41.6 cm³/mol. The average Bonchev–Trinajstić information content (AvgIpc) is 2.26. The highest BCUT2D eigenvalue weighted by Gasteiger charge is 1.92. The zero-order chi connectivity index (χ0) is 11.2. The van der Waals surface area contributed by atoms with E-state index in [9.17, 15) is 0 Å². The van der Waals surface area contributed by atoms with E-state index in [1.54, 1.807) is 0 Å². The van der Waals surface area contributed by atoms with Gasteiger partial charge >= 0.3 is 0 Å². The molecule has 9 nitrogen and oxygen atoms in total. The van der Waals surface area contributed by atoms with Crippen molar-refractivity contribution in [2.24, 2.45) is 0 Å². The molecule has 0 amide bonds. The number of hydrogen-bond donors (Lipinski definition) is 1. The van der Waals surface area contributed by atoms with Crippen LogP contribution < -0.4 is 0 Å². The third kappa shape index (κ3) is 13.6. The maximum atomic E-state index is 7.74. The maximum Gasteiger partial charge on any atom is 0.183 e. The van der Waals surface area contributed by atoms with Crippen molar-refractivity contribution in [3.8, 4) is 0 Å². The molecular formula is C6H14O9. The van der Waals surface area contributed by atoms with E-state index in [4.69, 9.17) is 9.99 Å². The van der Waals surface area contributed by atoms with Gasteiger partial charge in [0.25, 0.3) is 0 Å². The normalized spacial score (nSPS) is 10.8. The van der Waals surface area contributed by atoms with Crippen LogP contribution in [0.4, 0.5) is 0 Å². The van der Waals surface area contributed by atoms with Crippen molar-refractivity contribution in [3.63, 3.8) is 0 Å². The molecule has 0 heterocycles. The van der Waals surface area contributed by atoms with Crippen LogP contribution in [-0.4, -0.2) is 45.6 Å². The number of ether oxygens (including phenoxy) is 1. The summed E-state index contributed by atoms with van der Waals surface area (Å²) < 4.78 is 4.84. The second-order valence-corrected chi connectivity index (χ2v) is 1.92. The zero-order valence-corrected chi connectivity index (χ0v) is 8.25. The Hall–Kier alpha value is -0.360. The summed E-state index contributed by atoms with van der Waals surface area (Å²) in [6, 6.07) is 0. The quantitative estimate of drug-likeness (QED) is 0.212. The van der Waals surface area contributed by atoms with E-state index in [2.05, 4.69) is 34.5 Å². The predicted octanol–water partition coefficient (Wildman–Crippen LogP) is -0.161. The molecule has 0 aromatic heterocycles. The van der Waals surface area contributed by atoms with Gasteiger partial charge in [-0.25, -0.2) is 24.8 Å². The van der Waals surface area contributed by atoms with E-state index in [0.29, 0.717) is 0 Å². The molecule has 0 aliphatic carbocycles. The fourth-order valence-electron chi connectivity index (χ4n) is 0.477. The molecule has 0 aromatic rings. The van der Waals surface area contributed by atoms with Crippen molar-refractivity contribution in [2.75, 3.05) is 40.3 Å². The summed E-state index contributed by atoms with van der Waals surface area (Å²) in [6.45, 7) is 0.533. The topological polar surface area (TPSA) is 94.1 Å². The van der Waals surface area contributed by atoms with Crippen molar-refractivity contribution < 1.29 is 44.5 Å². The molecule has 0 aliphatic rings. The van der Waals surface area contributed by atoms with Gasteiger partial charge in [0.15, 0.2) is 6.79 Å². The van der Waals surface area contributed by atoms with Crippen molar-refractivity contribution in [1.82, 2.24) is 0 Å². The van der Waals surface area contributed by atoms with Crippen LogP contribution in [0.2, 0.25) is 0 Å². The van der Waals surface area contributed by atoms with Gasteiger partial charge in [0.05, 0.1) is 13.7 Å². The Balaban J connectivity index is 2.81. The van der Waals surface area contributed by atoms with Crippen LogP contribution in [0.25, 0.3) is 0 Å². The minimum atomic E-state index is -0.0847. The lowest BCUT2D eigenvalue weighted by Gasteiger charge is -2.04. The molecule has 9 heteroatoms. The van der Waals surface area contributed by atoms with Gasteiger partial charge in [0, 0.05) is 0 Å². The van der Waals surface area contributed by atoms with Crippen molar-refractivity contribution in [1.29, 1.82) is 0 Å². The molecule has 92 valence electrons. The molecule has 0 fully saturated rings. The van der Waals surface area contributed by atoms with Gasteiger partial charge in [-0.2, -0.15) is 4.89 Å². The molecule has 0 rings (SSSR count). The minimum absolute atomic E-state index is 0.0438. The first kappa shape index (κ1) is 14.6. The molecule has 0 aromatic carbocycles. The highest BCUT2D eigenvalue weighted by molar-refractivity contribution is 4.21. The van der Waals surface area contributed by atoms with E-state index in [1.807, 2.05) is 0 Å². The molecule has 0 spiro atoms. The molecule has 0 saturated carbocycles. The highest BCUT2D eigenvalue weighted by atomic mass is 17.5. The summed E-state index contributed by atoms with van der Waals surface area (Å²) in [5, 5.41) is 15.1. The van der Waals surface area contributed by atoms with Gasteiger partial charge in [0.1, 0.15) is 19.8 Å². The van der Waals surface area contributed by atoms with Crippen molar-refractivity contribution in [3.05, 3.63) is 0 Å². The molecule has 0 aliphatic heterocycles. The molecule has 1 N–H and O–H groups in total. The Morgan fingerprint density at radius 1 is 0.867 bits per heavy atom. The summed E-state index contributed by atoms with van der Waals surface area (Å²) >= 11 is 0. The summed E-state index contributed by atoms with van der Waals surface area (Å²) in [4.78, 5) is 21.7. The van der Waals surface area contributed by atoms with Crippen LogP contribution in [0.3, 0.4) is 0 Å². The van der Waals surface area contributed by atoms with E-state index in [1.165, 1.54) is 7.11 Å². The summed E-state index contributed by atoms with van der Waals surface area (Å²) in [5.74, 6) is 0. The first-order chi connectivity index (χ1) is 7.41. The molecule has 0 radical (unpaired) electrons. The SMILES string of the molecule is COOOCOCCOOCCOOO. The largest absolute Gasteiger partial charge is 0.350 e. The molecule has 0 saturated heterocycles. The van der Waals surface area contributed by atoms with Crippen molar-refractivity contribution >= 4 is 0 Å². The second-order valence-electron chi connectivity index (χ2n) is 1.92. The number of hydrogen-bond acceptors (Lipinski definition) is 9. The first-order valence-electron chi connectivity index (χ1n) is 3.99. The Bertz CT molecular complexity index is 98.8. The lowest BCUT2D eigenvalue weighted by atomic mass is 10.8. The van der Waals surface area contributed by atoms with Crippen LogP contribution in [0, 0.1) is 0 Å². The first-order valence-corrected chi connectivity index (χ1v) is 3.99. The van der Waals surface area contributed by atoms with Gasteiger partial charge in [0.2, 0.25) is 0 Å². The Morgan fingerprint density at radius 3 is 2.20 bits per heavy atom. The standard InChI is InChI=1S/C6H14O9/c1-8-15-13-6-9-2-3-10-11-4-5-12-14-7/h7H,2-6H2,1H3. The Morgan fingerprint density at radius 2 is 1.53 bits per heavy atom. The monoisotopic (exact) mass is 230 g/mol. The fourth-order valence-corrected chi connectivity index (χ4v) is 0.477. The molecule has 0 atom stereocenters. The van der Waals surface area contributed by atoms with E-state index in [0.717, 1.165) is 0 Å². The lowest BCUT2D eigenvalue weighted by Crippen LogP contribution is -2.10. The summed E-state index contributed by atoms with van der Waals surface area (Å²) in [6.07, 6.45) is 0. The van der Waals surface area contributed by atoms with Crippen molar-refractivity contribution in [2.45, 2.75) is 0 Å². The minimum Gasteiger partial charge on any atom is -0.350 e. The van der Waals surface area contributed by atoms with Crippen LogP contribution in [-0.2, 0) is 39.3 Å².